The van der Waals surface area contributed by atoms with Crippen LogP contribution in [0, 0.1) is 0 Å². The number of ether oxygens (including phenoxy) is 4. The molecule has 0 bridgehead atoms. The Morgan fingerprint density at radius 3 is 2.37 bits per heavy atom. The molecular formula is C19H19N3O5. The molecule has 3 rings (SSSR count). The molecule has 0 saturated heterocycles. The highest BCUT2D eigenvalue weighted by Gasteiger charge is 2.12. The second-order valence-corrected chi connectivity index (χ2v) is 5.45. The SMILES string of the molecule is CCOC(=O)Cc1ncc(Oc2ccnc3cc(OC)c(OC)cc23)cn1. The van der Waals surface area contributed by atoms with E-state index in [0.29, 0.717) is 40.9 Å². The smallest absolute Gasteiger partial charge is 0.313 e. The van der Waals surface area contributed by atoms with Crippen molar-refractivity contribution < 1.29 is 23.7 Å². The van der Waals surface area contributed by atoms with Crippen LogP contribution in [0.15, 0.2) is 36.8 Å². The Hall–Kier alpha value is -3.42. The number of benzene rings is 1. The molecule has 1 aromatic carbocycles. The lowest BCUT2D eigenvalue weighted by atomic mass is 10.2. The highest BCUT2D eigenvalue weighted by atomic mass is 16.5. The first-order chi connectivity index (χ1) is 13.1. The van der Waals surface area contributed by atoms with Crippen molar-refractivity contribution in [2.24, 2.45) is 0 Å². The molecule has 0 fully saturated rings. The maximum absolute atomic E-state index is 11.5. The third-order valence-corrected chi connectivity index (χ3v) is 3.72. The highest BCUT2D eigenvalue weighted by Crippen LogP contribution is 2.36. The summed E-state index contributed by atoms with van der Waals surface area (Å²) in [7, 11) is 3.13. The van der Waals surface area contributed by atoms with Gasteiger partial charge in [-0.25, -0.2) is 9.97 Å². The number of methoxy groups -OCH3 is 2. The van der Waals surface area contributed by atoms with E-state index in [1.54, 1.807) is 45.5 Å². The van der Waals surface area contributed by atoms with Gasteiger partial charge in [-0.3, -0.25) is 9.78 Å². The van der Waals surface area contributed by atoms with E-state index < -0.39 is 0 Å². The molecule has 0 saturated carbocycles. The Balaban J connectivity index is 1.85. The van der Waals surface area contributed by atoms with Gasteiger partial charge in [-0.15, -0.1) is 0 Å². The van der Waals surface area contributed by atoms with Crippen LogP contribution in [0.3, 0.4) is 0 Å². The van der Waals surface area contributed by atoms with Crippen LogP contribution in [-0.2, 0) is 16.0 Å². The van der Waals surface area contributed by atoms with E-state index in [-0.39, 0.29) is 12.4 Å². The monoisotopic (exact) mass is 369 g/mol. The first-order valence-electron chi connectivity index (χ1n) is 8.29. The van der Waals surface area contributed by atoms with Gasteiger partial charge in [-0.2, -0.15) is 0 Å². The van der Waals surface area contributed by atoms with Gasteiger partial charge in [-0.05, 0) is 19.1 Å². The average molecular weight is 369 g/mol. The Morgan fingerprint density at radius 1 is 1.00 bits per heavy atom. The van der Waals surface area contributed by atoms with E-state index in [2.05, 4.69) is 15.0 Å². The van der Waals surface area contributed by atoms with E-state index in [9.17, 15) is 4.79 Å². The zero-order valence-electron chi connectivity index (χ0n) is 15.3. The maximum atomic E-state index is 11.5. The normalized spacial score (nSPS) is 10.5. The zero-order chi connectivity index (χ0) is 19.2. The molecule has 140 valence electrons. The molecule has 0 aliphatic rings. The summed E-state index contributed by atoms with van der Waals surface area (Å²) in [5.41, 5.74) is 0.699. The van der Waals surface area contributed by atoms with Crippen LogP contribution in [-0.4, -0.2) is 41.7 Å². The van der Waals surface area contributed by atoms with Gasteiger partial charge in [0.15, 0.2) is 17.2 Å². The topological polar surface area (TPSA) is 92.7 Å². The molecule has 0 aliphatic heterocycles. The summed E-state index contributed by atoms with van der Waals surface area (Å²) in [4.78, 5) is 24.1. The van der Waals surface area contributed by atoms with Crippen molar-refractivity contribution in [1.29, 1.82) is 0 Å². The van der Waals surface area contributed by atoms with Crippen molar-refractivity contribution >= 4 is 16.9 Å². The third-order valence-electron chi connectivity index (χ3n) is 3.72. The molecule has 0 amide bonds. The Kier molecular flexibility index (Phi) is 5.65. The van der Waals surface area contributed by atoms with Crippen molar-refractivity contribution in [2.45, 2.75) is 13.3 Å². The Bertz CT molecular complexity index is 944. The summed E-state index contributed by atoms with van der Waals surface area (Å²) >= 11 is 0. The Labute approximate surface area is 156 Å². The number of aromatic nitrogens is 3. The highest BCUT2D eigenvalue weighted by molar-refractivity contribution is 5.88. The molecule has 2 heterocycles. The molecular weight excluding hydrogens is 350 g/mol. The number of esters is 1. The second kappa shape index (κ2) is 8.31. The van der Waals surface area contributed by atoms with E-state index >= 15 is 0 Å². The molecule has 0 unspecified atom stereocenters. The standard InChI is InChI=1S/C19H19N3O5/c1-4-26-19(23)9-18-21-10-12(11-22-18)27-15-5-6-20-14-8-17(25-3)16(24-2)7-13(14)15/h5-8,10-11H,4,9H2,1-3H3. The number of hydrogen-bond donors (Lipinski definition) is 0. The predicted octanol–water partition coefficient (Wildman–Crippen LogP) is 2.94. The van der Waals surface area contributed by atoms with Crippen LogP contribution < -0.4 is 14.2 Å². The zero-order valence-corrected chi connectivity index (χ0v) is 15.3. The molecule has 0 spiro atoms. The average Bonchev–Trinajstić information content (AvgIpc) is 2.68. The summed E-state index contributed by atoms with van der Waals surface area (Å²) in [6.07, 6.45) is 4.67. The summed E-state index contributed by atoms with van der Waals surface area (Å²) in [6.45, 7) is 2.07. The van der Waals surface area contributed by atoms with Crippen molar-refractivity contribution in [3.05, 3.63) is 42.6 Å². The van der Waals surface area contributed by atoms with Crippen LogP contribution in [0.4, 0.5) is 0 Å². The van der Waals surface area contributed by atoms with Crippen molar-refractivity contribution in [1.82, 2.24) is 15.0 Å². The fraction of sp³-hybridized carbons (Fsp3) is 0.263. The minimum Gasteiger partial charge on any atom is -0.493 e. The second-order valence-electron chi connectivity index (χ2n) is 5.45. The van der Waals surface area contributed by atoms with Crippen molar-refractivity contribution in [3.8, 4) is 23.0 Å². The van der Waals surface area contributed by atoms with Crippen LogP contribution in [0.1, 0.15) is 12.7 Å². The molecule has 8 heteroatoms. The quantitative estimate of drug-likeness (QED) is 0.587. The lowest BCUT2D eigenvalue weighted by Gasteiger charge is -2.12. The van der Waals surface area contributed by atoms with Gasteiger partial charge in [-0.1, -0.05) is 0 Å². The fourth-order valence-electron chi connectivity index (χ4n) is 2.49. The van der Waals surface area contributed by atoms with Gasteiger partial charge in [0, 0.05) is 17.6 Å². The molecule has 0 radical (unpaired) electrons. The lowest BCUT2D eigenvalue weighted by Crippen LogP contribution is -2.10. The number of pyridine rings is 1. The largest absolute Gasteiger partial charge is 0.493 e. The predicted molar refractivity (Wildman–Crippen MR) is 97.3 cm³/mol. The summed E-state index contributed by atoms with van der Waals surface area (Å²) in [6, 6.07) is 5.31. The molecule has 27 heavy (non-hydrogen) atoms. The third kappa shape index (κ3) is 4.22. The van der Waals surface area contributed by atoms with Crippen LogP contribution in [0.2, 0.25) is 0 Å². The van der Waals surface area contributed by atoms with Crippen molar-refractivity contribution in [3.63, 3.8) is 0 Å². The molecule has 0 N–H and O–H groups in total. The molecule has 0 aliphatic carbocycles. The first-order valence-corrected chi connectivity index (χ1v) is 8.29. The number of rotatable bonds is 7. The summed E-state index contributed by atoms with van der Waals surface area (Å²) in [5, 5.41) is 0.755. The molecule has 8 nitrogen and oxygen atoms in total. The van der Waals surface area contributed by atoms with Gasteiger partial charge in [0.05, 0.1) is 38.7 Å². The lowest BCUT2D eigenvalue weighted by molar-refractivity contribution is -0.142. The summed E-state index contributed by atoms with van der Waals surface area (Å²) in [5.74, 6) is 2.16. The van der Waals surface area contributed by atoms with E-state index in [4.69, 9.17) is 18.9 Å². The van der Waals surface area contributed by atoms with E-state index in [1.165, 1.54) is 12.4 Å². The fourth-order valence-corrected chi connectivity index (χ4v) is 2.49. The van der Waals surface area contributed by atoms with Gasteiger partial charge in [0.1, 0.15) is 18.0 Å². The summed E-state index contributed by atoms with van der Waals surface area (Å²) < 4.78 is 21.4. The minimum atomic E-state index is -0.368. The van der Waals surface area contributed by atoms with Gasteiger partial charge in [0.2, 0.25) is 0 Å². The van der Waals surface area contributed by atoms with E-state index in [1.807, 2.05) is 0 Å². The van der Waals surface area contributed by atoms with Crippen LogP contribution in [0.5, 0.6) is 23.0 Å². The maximum Gasteiger partial charge on any atom is 0.313 e. The molecule has 3 aromatic rings. The van der Waals surface area contributed by atoms with Gasteiger partial charge < -0.3 is 18.9 Å². The number of nitrogens with zero attached hydrogens (tertiary/aromatic N) is 3. The van der Waals surface area contributed by atoms with E-state index in [0.717, 1.165) is 5.39 Å². The van der Waals surface area contributed by atoms with Crippen LogP contribution in [0.25, 0.3) is 10.9 Å². The molecule has 0 atom stereocenters. The first kappa shape index (κ1) is 18.4. The minimum absolute atomic E-state index is 0.0172. The number of carbonyl (C=O) groups is 1. The Morgan fingerprint density at radius 2 is 1.70 bits per heavy atom. The number of fused-ring (bicyclic) bond motifs is 1. The van der Waals surface area contributed by atoms with Gasteiger partial charge in [0.25, 0.3) is 0 Å². The van der Waals surface area contributed by atoms with Crippen LogP contribution >= 0.6 is 0 Å². The number of hydrogen-bond acceptors (Lipinski definition) is 8. The van der Waals surface area contributed by atoms with Crippen molar-refractivity contribution in [2.75, 3.05) is 20.8 Å². The number of carbonyl (C=O) groups excluding carboxylic acids is 1. The molecule has 2 aromatic heterocycles. The van der Waals surface area contributed by atoms with Gasteiger partial charge >= 0.3 is 5.97 Å².